The summed E-state index contributed by atoms with van der Waals surface area (Å²) in [5.41, 5.74) is 1.02. The molecular weight excluding hydrogens is 218 g/mol. The Balaban J connectivity index is 2.46. The van der Waals surface area contributed by atoms with Crippen molar-refractivity contribution in [1.29, 1.82) is 0 Å². The van der Waals surface area contributed by atoms with Crippen LogP contribution < -0.4 is 10.1 Å². The number of carbonyl (C=O) groups excluding carboxylic acids is 1. The molecule has 4 heteroatoms. The Morgan fingerprint density at radius 2 is 2.12 bits per heavy atom. The first kappa shape index (κ1) is 13.5. The van der Waals surface area contributed by atoms with Gasteiger partial charge < -0.3 is 14.8 Å². The van der Waals surface area contributed by atoms with Crippen molar-refractivity contribution < 1.29 is 14.3 Å². The standard InChI is InChI=1S/C13H19NO3/c1-10-6-4-5-7-12(10)17-11(2)13(15)14-8-9-16-3/h4-7,11H,8-9H2,1-3H3,(H,14,15)/t11-/m0/s1. The van der Waals surface area contributed by atoms with E-state index in [1.807, 2.05) is 31.2 Å². The highest BCUT2D eigenvalue weighted by Gasteiger charge is 2.14. The van der Waals surface area contributed by atoms with Crippen molar-refractivity contribution in [3.05, 3.63) is 29.8 Å². The van der Waals surface area contributed by atoms with E-state index in [1.165, 1.54) is 0 Å². The number of methoxy groups -OCH3 is 1. The zero-order chi connectivity index (χ0) is 12.7. The van der Waals surface area contributed by atoms with E-state index in [9.17, 15) is 4.79 Å². The minimum atomic E-state index is -0.507. The molecule has 1 aromatic rings. The molecule has 1 rings (SSSR count). The highest BCUT2D eigenvalue weighted by atomic mass is 16.5. The van der Waals surface area contributed by atoms with Gasteiger partial charge in [-0.15, -0.1) is 0 Å². The molecule has 0 bridgehead atoms. The molecule has 17 heavy (non-hydrogen) atoms. The lowest BCUT2D eigenvalue weighted by molar-refractivity contribution is -0.127. The lowest BCUT2D eigenvalue weighted by Crippen LogP contribution is -2.38. The second kappa shape index (κ2) is 6.91. The number of carbonyl (C=O) groups is 1. The van der Waals surface area contributed by atoms with Gasteiger partial charge in [-0.05, 0) is 25.5 Å². The maximum absolute atomic E-state index is 11.6. The number of amides is 1. The summed E-state index contributed by atoms with van der Waals surface area (Å²) in [5.74, 6) is 0.604. The number of rotatable bonds is 6. The van der Waals surface area contributed by atoms with Crippen LogP contribution in [0.25, 0.3) is 0 Å². The first-order valence-corrected chi connectivity index (χ1v) is 5.64. The van der Waals surface area contributed by atoms with Gasteiger partial charge in [-0.25, -0.2) is 0 Å². The maximum Gasteiger partial charge on any atom is 0.260 e. The predicted octanol–water partition coefficient (Wildman–Crippen LogP) is 1.52. The van der Waals surface area contributed by atoms with E-state index in [2.05, 4.69) is 5.32 Å². The van der Waals surface area contributed by atoms with Crippen molar-refractivity contribution in [2.75, 3.05) is 20.3 Å². The molecule has 0 saturated carbocycles. The normalized spacial score (nSPS) is 11.9. The highest BCUT2D eigenvalue weighted by molar-refractivity contribution is 5.80. The zero-order valence-corrected chi connectivity index (χ0v) is 10.5. The van der Waals surface area contributed by atoms with Crippen LogP contribution in [0.15, 0.2) is 24.3 Å². The monoisotopic (exact) mass is 237 g/mol. The molecule has 0 fully saturated rings. The Morgan fingerprint density at radius 1 is 1.41 bits per heavy atom. The van der Waals surface area contributed by atoms with Gasteiger partial charge in [0.15, 0.2) is 6.10 Å². The minimum absolute atomic E-state index is 0.134. The first-order valence-electron chi connectivity index (χ1n) is 5.64. The van der Waals surface area contributed by atoms with E-state index in [1.54, 1.807) is 14.0 Å². The molecule has 0 aliphatic carbocycles. The van der Waals surface area contributed by atoms with Crippen LogP contribution in [0.4, 0.5) is 0 Å². The SMILES string of the molecule is COCCNC(=O)[C@H](C)Oc1ccccc1C. The summed E-state index contributed by atoms with van der Waals surface area (Å²) in [6, 6.07) is 7.63. The summed E-state index contributed by atoms with van der Waals surface area (Å²) in [6.45, 7) is 4.68. The van der Waals surface area contributed by atoms with E-state index in [0.29, 0.717) is 13.2 Å². The maximum atomic E-state index is 11.6. The topological polar surface area (TPSA) is 47.6 Å². The van der Waals surface area contributed by atoms with Crippen LogP contribution >= 0.6 is 0 Å². The zero-order valence-electron chi connectivity index (χ0n) is 10.5. The number of hydrogen-bond donors (Lipinski definition) is 1. The number of hydrogen-bond acceptors (Lipinski definition) is 3. The van der Waals surface area contributed by atoms with Gasteiger partial charge in [-0.3, -0.25) is 4.79 Å². The van der Waals surface area contributed by atoms with Gasteiger partial charge in [0, 0.05) is 13.7 Å². The summed E-state index contributed by atoms with van der Waals surface area (Å²) < 4.78 is 10.4. The van der Waals surface area contributed by atoms with Gasteiger partial charge >= 0.3 is 0 Å². The molecule has 1 amide bonds. The molecule has 0 aromatic heterocycles. The van der Waals surface area contributed by atoms with Crippen LogP contribution in [-0.2, 0) is 9.53 Å². The average Bonchev–Trinajstić information content (AvgIpc) is 2.32. The first-order chi connectivity index (χ1) is 8.15. The number of benzene rings is 1. The average molecular weight is 237 g/mol. The Morgan fingerprint density at radius 3 is 2.76 bits per heavy atom. The molecule has 94 valence electrons. The summed E-state index contributed by atoms with van der Waals surface area (Å²) in [7, 11) is 1.60. The van der Waals surface area contributed by atoms with E-state index in [-0.39, 0.29) is 5.91 Å². The Hall–Kier alpha value is -1.55. The number of aryl methyl sites for hydroxylation is 1. The molecule has 0 spiro atoms. The lowest BCUT2D eigenvalue weighted by atomic mass is 10.2. The third-order valence-corrected chi connectivity index (χ3v) is 2.37. The van der Waals surface area contributed by atoms with Crippen LogP contribution in [-0.4, -0.2) is 32.3 Å². The summed E-state index contributed by atoms with van der Waals surface area (Å²) in [5, 5.41) is 2.73. The molecule has 1 N–H and O–H groups in total. The fourth-order valence-corrected chi connectivity index (χ4v) is 1.35. The van der Waals surface area contributed by atoms with Crippen molar-refractivity contribution in [3.8, 4) is 5.75 Å². The van der Waals surface area contributed by atoms with Crippen LogP contribution in [0.5, 0.6) is 5.75 Å². The van der Waals surface area contributed by atoms with Crippen molar-refractivity contribution in [2.24, 2.45) is 0 Å². The van der Waals surface area contributed by atoms with Crippen molar-refractivity contribution in [1.82, 2.24) is 5.32 Å². The number of nitrogens with one attached hydrogen (secondary N) is 1. The lowest BCUT2D eigenvalue weighted by Gasteiger charge is -2.15. The molecule has 0 aliphatic heterocycles. The second-order valence-corrected chi connectivity index (χ2v) is 3.81. The Labute approximate surface area is 102 Å². The van der Waals surface area contributed by atoms with E-state index < -0.39 is 6.10 Å². The molecule has 0 saturated heterocycles. The van der Waals surface area contributed by atoms with Gasteiger partial charge in [0.25, 0.3) is 5.91 Å². The Kier molecular flexibility index (Phi) is 5.49. The molecule has 1 aromatic carbocycles. The largest absolute Gasteiger partial charge is 0.481 e. The van der Waals surface area contributed by atoms with E-state index in [4.69, 9.17) is 9.47 Å². The second-order valence-electron chi connectivity index (χ2n) is 3.81. The van der Waals surface area contributed by atoms with Gasteiger partial charge in [-0.1, -0.05) is 18.2 Å². The summed E-state index contributed by atoms with van der Waals surface area (Å²) in [4.78, 5) is 11.6. The van der Waals surface area contributed by atoms with Crippen LogP contribution in [0.2, 0.25) is 0 Å². The summed E-state index contributed by atoms with van der Waals surface area (Å²) in [6.07, 6.45) is -0.507. The molecule has 0 radical (unpaired) electrons. The van der Waals surface area contributed by atoms with Crippen LogP contribution in [0, 0.1) is 6.92 Å². The van der Waals surface area contributed by atoms with Gasteiger partial charge in [0.05, 0.1) is 6.61 Å². The molecule has 0 unspecified atom stereocenters. The van der Waals surface area contributed by atoms with Crippen molar-refractivity contribution >= 4 is 5.91 Å². The smallest absolute Gasteiger partial charge is 0.260 e. The van der Waals surface area contributed by atoms with Gasteiger partial charge in [-0.2, -0.15) is 0 Å². The predicted molar refractivity (Wildman–Crippen MR) is 66.2 cm³/mol. The molecule has 0 aliphatic rings. The fraction of sp³-hybridized carbons (Fsp3) is 0.462. The Bertz CT molecular complexity index is 365. The summed E-state index contributed by atoms with van der Waals surface area (Å²) >= 11 is 0. The van der Waals surface area contributed by atoms with Crippen LogP contribution in [0.1, 0.15) is 12.5 Å². The van der Waals surface area contributed by atoms with Crippen LogP contribution in [0.3, 0.4) is 0 Å². The molecule has 1 atom stereocenters. The van der Waals surface area contributed by atoms with E-state index >= 15 is 0 Å². The molecular formula is C13H19NO3. The third-order valence-electron chi connectivity index (χ3n) is 2.37. The number of ether oxygens (including phenoxy) is 2. The molecule has 4 nitrogen and oxygen atoms in total. The quantitative estimate of drug-likeness (QED) is 0.763. The van der Waals surface area contributed by atoms with Gasteiger partial charge in [0.2, 0.25) is 0 Å². The minimum Gasteiger partial charge on any atom is -0.481 e. The number of para-hydroxylation sites is 1. The van der Waals surface area contributed by atoms with Crippen molar-refractivity contribution in [3.63, 3.8) is 0 Å². The van der Waals surface area contributed by atoms with Gasteiger partial charge in [0.1, 0.15) is 5.75 Å². The third kappa shape index (κ3) is 4.44. The fourth-order valence-electron chi connectivity index (χ4n) is 1.35. The molecule has 0 heterocycles. The van der Waals surface area contributed by atoms with Crippen molar-refractivity contribution in [2.45, 2.75) is 20.0 Å². The van der Waals surface area contributed by atoms with E-state index in [0.717, 1.165) is 11.3 Å². The highest BCUT2D eigenvalue weighted by Crippen LogP contribution is 2.17.